The number of amides is 2. The molecule has 0 bridgehead atoms. The predicted molar refractivity (Wildman–Crippen MR) is 117 cm³/mol. The van der Waals surface area contributed by atoms with Crippen LogP contribution in [0.1, 0.15) is 63.0 Å². The number of allylic oxidation sites excluding steroid dienone is 1. The van der Waals surface area contributed by atoms with Crippen molar-refractivity contribution in [1.82, 2.24) is 10.6 Å². The summed E-state index contributed by atoms with van der Waals surface area (Å²) in [4.78, 5) is 38.2. The lowest BCUT2D eigenvalue weighted by Gasteiger charge is -2.38. The molecular weight excluding hydrogens is 392 g/mol. The molecule has 0 radical (unpaired) electrons. The molecule has 31 heavy (non-hydrogen) atoms. The van der Waals surface area contributed by atoms with Gasteiger partial charge in [0, 0.05) is 25.4 Å². The van der Waals surface area contributed by atoms with Gasteiger partial charge in [0.2, 0.25) is 11.8 Å². The van der Waals surface area contributed by atoms with Crippen molar-refractivity contribution < 1.29 is 19.1 Å². The number of fused-ring (bicyclic) bond motifs is 3. The molecule has 166 valence electrons. The van der Waals surface area contributed by atoms with Crippen molar-refractivity contribution in [3.8, 4) is 0 Å². The van der Waals surface area contributed by atoms with Crippen LogP contribution >= 0.6 is 0 Å². The van der Waals surface area contributed by atoms with Gasteiger partial charge < -0.3 is 15.4 Å². The van der Waals surface area contributed by atoms with Crippen LogP contribution in [0.3, 0.4) is 0 Å². The first-order valence-electron chi connectivity index (χ1n) is 11.3. The number of carbonyl (C=O) groups excluding carboxylic acids is 3. The number of hydrogen-bond donors (Lipinski definition) is 2. The number of carbonyl (C=O) groups is 3. The van der Waals surface area contributed by atoms with E-state index in [2.05, 4.69) is 29.7 Å². The van der Waals surface area contributed by atoms with Gasteiger partial charge >= 0.3 is 0 Å². The largest absolute Gasteiger partial charge is 0.493 e. The summed E-state index contributed by atoms with van der Waals surface area (Å²) in [7, 11) is 1.49. The zero-order valence-corrected chi connectivity index (χ0v) is 18.6. The second kappa shape index (κ2) is 8.48. The van der Waals surface area contributed by atoms with Crippen molar-refractivity contribution in [1.29, 1.82) is 0 Å². The summed E-state index contributed by atoms with van der Waals surface area (Å²) < 4.78 is 5.40. The number of ketones is 1. The Kier molecular flexibility index (Phi) is 5.91. The zero-order valence-electron chi connectivity index (χ0n) is 18.6. The molecule has 2 N–H and O–H groups in total. The molecule has 6 heteroatoms. The third-order valence-corrected chi connectivity index (χ3v) is 7.48. The molecule has 3 aliphatic rings. The van der Waals surface area contributed by atoms with Gasteiger partial charge in [-0.15, -0.1) is 0 Å². The van der Waals surface area contributed by atoms with E-state index in [1.807, 2.05) is 12.1 Å². The Bertz CT molecular complexity index is 924. The van der Waals surface area contributed by atoms with Gasteiger partial charge in [-0.3, -0.25) is 14.4 Å². The lowest BCUT2D eigenvalue weighted by atomic mass is 9.67. The standard InChI is InChI=1S/C25H32N2O4/c1-15(28)26-20-10-6-7-11-21(20)27-24(30)19-13-23(31-3)22(29)12-18-17-9-5-4-8-16(17)14-25(18,19)2/h4-5,8-9,13,18-21H,6-7,10-12,14H2,1-3H3,(H,26,28)(H,27,30)/t18-,19+,20+,21-,25-/m0/s1. The monoisotopic (exact) mass is 424 g/mol. The number of benzene rings is 1. The number of ether oxygens (including phenoxy) is 1. The quantitative estimate of drug-likeness (QED) is 0.778. The maximum atomic E-state index is 13.7. The lowest BCUT2D eigenvalue weighted by molar-refractivity contribution is -0.129. The van der Waals surface area contributed by atoms with Crippen molar-refractivity contribution in [2.75, 3.05) is 7.11 Å². The fourth-order valence-electron chi connectivity index (χ4n) is 5.88. The molecule has 0 aromatic heterocycles. The fraction of sp³-hybridized carbons (Fsp3) is 0.560. The van der Waals surface area contributed by atoms with Crippen LogP contribution in [0.25, 0.3) is 0 Å². The number of methoxy groups -OCH3 is 1. The van der Waals surface area contributed by atoms with Crippen molar-refractivity contribution in [3.63, 3.8) is 0 Å². The van der Waals surface area contributed by atoms with Crippen molar-refractivity contribution in [2.24, 2.45) is 11.3 Å². The van der Waals surface area contributed by atoms with E-state index < -0.39 is 11.3 Å². The molecule has 3 aliphatic carbocycles. The lowest BCUT2D eigenvalue weighted by Crippen LogP contribution is -2.55. The summed E-state index contributed by atoms with van der Waals surface area (Å²) in [6.45, 7) is 3.63. The number of nitrogens with one attached hydrogen (secondary N) is 2. The Morgan fingerprint density at radius 3 is 2.45 bits per heavy atom. The van der Waals surface area contributed by atoms with Gasteiger partial charge in [-0.2, -0.15) is 0 Å². The molecular formula is C25H32N2O4. The Morgan fingerprint density at radius 2 is 1.77 bits per heavy atom. The van der Waals surface area contributed by atoms with Crippen molar-refractivity contribution in [3.05, 3.63) is 47.2 Å². The van der Waals surface area contributed by atoms with Gasteiger partial charge in [0.15, 0.2) is 11.5 Å². The molecule has 0 heterocycles. The van der Waals surface area contributed by atoms with Crippen molar-refractivity contribution in [2.45, 2.75) is 70.4 Å². The normalized spacial score (nSPS) is 32.2. The molecule has 0 aliphatic heterocycles. The van der Waals surface area contributed by atoms with Crippen LogP contribution in [0.4, 0.5) is 0 Å². The van der Waals surface area contributed by atoms with Crippen LogP contribution < -0.4 is 10.6 Å². The summed E-state index contributed by atoms with van der Waals surface area (Å²) in [5, 5.41) is 6.23. The van der Waals surface area contributed by atoms with E-state index in [1.165, 1.54) is 19.6 Å². The highest BCUT2D eigenvalue weighted by molar-refractivity contribution is 5.96. The van der Waals surface area contributed by atoms with E-state index in [-0.39, 0.29) is 41.4 Å². The Morgan fingerprint density at radius 1 is 1.10 bits per heavy atom. The minimum absolute atomic E-state index is 0.0339. The van der Waals surface area contributed by atoms with E-state index in [0.717, 1.165) is 37.7 Å². The van der Waals surface area contributed by atoms with E-state index in [9.17, 15) is 14.4 Å². The van der Waals surface area contributed by atoms with Crippen LogP contribution in [0, 0.1) is 11.3 Å². The molecule has 1 saturated carbocycles. The molecule has 6 nitrogen and oxygen atoms in total. The molecule has 0 saturated heterocycles. The summed E-state index contributed by atoms with van der Waals surface area (Å²) in [5.74, 6) is -0.479. The highest BCUT2D eigenvalue weighted by atomic mass is 16.5. The maximum Gasteiger partial charge on any atom is 0.227 e. The van der Waals surface area contributed by atoms with Crippen LogP contribution in [-0.4, -0.2) is 36.8 Å². The number of rotatable bonds is 4. The van der Waals surface area contributed by atoms with E-state index >= 15 is 0 Å². The molecule has 5 atom stereocenters. The smallest absolute Gasteiger partial charge is 0.227 e. The molecule has 1 aromatic rings. The molecule has 1 fully saturated rings. The fourth-order valence-corrected chi connectivity index (χ4v) is 5.88. The van der Waals surface area contributed by atoms with E-state index in [4.69, 9.17) is 4.74 Å². The average Bonchev–Trinajstić information content (AvgIpc) is 2.95. The summed E-state index contributed by atoms with van der Waals surface area (Å²) in [6, 6.07) is 8.04. The Labute approximate surface area is 183 Å². The highest BCUT2D eigenvalue weighted by Crippen LogP contribution is 2.55. The van der Waals surface area contributed by atoms with E-state index in [1.54, 1.807) is 6.08 Å². The third-order valence-electron chi connectivity index (χ3n) is 7.48. The number of hydrogen-bond acceptors (Lipinski definition) is 4. The predicted octanol–water partition coefficient (Wildman–Crippen LogP) is 3.02. The van der Waals surface area contributed by atoms with Gasteiger partial charge in [0.05, 0.1) is 13.0 Å². The number of Topliss-reactive ketones (excluding diaryl/α,β-unsaturated/α-hetero) is 1. The second-order valence-electron chi connectivity index (χ2n) is 9.48. The average molecular weight is 425 g/mol. The van der Waals surface area contributed by atoms with Crippen molar-refractivity contribution >= 4 is 17.6 Å². The van der Waals surface area contributed by atoms with Gasteiger partial charge in [-0.25, -0.2) is 0 Å². The summed E-state index contributed by atoms with van der Waals surface area (Å²) >= 11 is 0. The Balaban J connectivity index is 1.65. The minimum Gasteiger partial charge on any atom is -0.493 e. The molecule has 4 rings (SSSR count). The first-order valence-corrected chi connectivity index (χ1v) is 11.3. The second-order valence-corrected chi connectivity index (χ2v) is 9.48. The topological polar surface area (TPSA) is 84.5 Å². The third kappa shape index (κ3) is 4.00. The van der Waals surface area contributed by atoms with Crippen LogP contribution in [0.5, 0.6) is 0 Å². The molecule has 1 aromatic carbocycles. The minimum atomic E-state index is -0.494. The van der Waals surface area contributed by atoms with Crippen LogP contribution in [0.15, 0.2) is 36.1 Å². The maximum absolute atomic E-state index is 13.7. The first kappa shape index (κ1) is 21.6. The van der Waals surface area contributed by atoms with Crippen LogP contribution in [-0.2, 0) is 25.5 Å². The van der Waals surface area contributed by atoms with Gasteiger partial charge in [-0.05, 0) is 47.8 Å². The molecule has 2 amide bonds. The SMILES string of the molecule is COC1=C[C@H](C(=O)N[C@H]2CCCC[C@H]2NC(C)=O)[C@@]2(C)Cc3ccccc3[C@@H]2CC1=O. The van der Waals surface area contributed by atoms with Gasteiger partial charge in [0.25, 0.3) is 0 Å². The van der Waals surface area contributed by atoms with Gasteiger partial charge in [0.1, 0.15) is 0 Å². The van der Waals surface area contributed by atoms with E-state index in [0.29, 0.717) is 6.42 Å². The first-order chi connectivity index (χ1) is 14.8. The Hall–Kier alpha value is -2.63. The zero-order chi connectivity index (χ0) is 22.2. The van der Waals surface area contributed by atoms with Crippen LogP contribution in [0.2, 0.25) is 0 Å². The summed E-state index contributed by atoms with van der Waals surface area (Å²) in [5.41, 5.74) is 1.96. The van der Waals surface area contributed by atoms with Gasteiger partial charge in [-0.1, -0.05) is 44.0 Å². The highest BCUT2D eigenvalue weighted by Gasteiger charge is 2.52. The molecule has 0 spiro atoms. The summed E-state index contributed by atoms with van der Waals surface area (Å²) in [6.07, 6.45) is 6.58. The molecule has 0 unspecified atom stereocenters.